The first-order valence-corrected chi connectivity index (χ1v) is 9.48. The van der Waals surface area contributed by atoms with Crippen LogP contribution in [-0.4, -0.2) is 32.6 Å². The number of nitrogens with zero attached hydrogens (tertiary/aromatic N) is 3. The van der Waals surface area contributed by atoms with Gasteiger partial charge < -0.3 is 15.7 Å². The second-order valence-corrected chi connectivity index (χ2v) is 6.81. The third-order valence-corrected chi connectivity index (χ3v) is 4.72. The molecule has 0 radical (unpaired) electrons. The summed E-state index contributed by atoms with van der Waals surface area (Å²) in [6, 6.07) is 11.7. The zero-order chi connectivity index (χ0) is 21.1. The lowest BCUT2D eigenvalue weighted by Gasteiger charge is -2.17. The molecule has 9 heteroatoms. The first-order valence-electron chi connectivity index (χ1n) is 9.48. The van der Waals surface area contributed by atoms with Crippen LogP contribution in [0.5, 0.6) is 0 Å². The largest absolute Gasteiger partial charge is 0.418 e. The van der Waals surface area contributed by atoms with Crippen molar-refractivity contribution in [2.45, 2.75) is 19.1 Å². The summed E-state index contributed by atoms with van der Waals surface area (Å²) < 4.78 is 43.0. The minimum atomic E-state index is -4.54. The van der Waals surface area contributed by atoms with Crippen molar-refractivity contribution in [3.63, 3.8) is 0 Å². The number of aromatic nitrogens is 3. The zero-order valence-corrected chi connectivity index (χ0v) is 15.9. The van der Waals surface area contributed by atoms with E-state index in [1.165, 1.54) is 6.07 Å². The molecular formula is C21H20F3N5O. The van der Waals surface area contributed by atoms with Crippen LogP contribution in [0.15, 0.2) is 54.9 Å². The lowest BCUT2D eigenvalue weighted by molar-refractivity contribution is -0.136. The Bertz CT molecular complexity index is 1160. The van der Waals surface area contributed by atoms with Crippen LogP contribution in [-0.2, 0) is 12.7 Å². The summed E-state index contributed by atoms with van der Waals surface area (Å²) in [6.45, 7) is 0.692. The van der Waals surface area contributed by atoms with Gasteiger partial charge in [0.05, 0.1) is 16.6 Å². The lowest BCUT2D eigenvalue weighted by atomic mass is 10.1. The fraction of sp³-hybridized carbons (Fsp3) is 0.238. The van der Waals surface area contributed by atoms with E-state index in [9.17, 15) is 13.2 Å². The van der Waals surface area contributed by atoms with Crippen LogP contribution in [0.3, 0.4) is 0 Å². The summed E-state index contributed by atoms with van der Waals surface area (Å²) >= 11 is 0. The molecule has 4 rings (SSSR count). The molecule has 4 aromatic rings. The molecule has 0 atom stereocenters. The third kappa shape index (κ3) is 4.02. The maximum atomic E-state index is 13.8. The van der Waals surface area contributed by atoms with Crippen LogP contribution < -0.4 is 10.6 Å². The normalized spacial score (nSPS) is 11.9. The predicted octanol–water partition coefficient (Wildman–Crippen LogP) is 4.31. The van der Waals surface area contributed by atoms with Crippen LogP contribution in [0, 0.1) is 0 Å². The number of alkyl halides is 3. The van der Waals surface area contributed by atoms with Crippen LogP contribution in [0.1, 0.15) is 17.5 Å². The molecule has 0 aliphatic carbocycles. The Kier molecular flexibility index (Phi) is 5.45. The third-order valence-electron chi connectivity index (χ3n) is 4.72. The van der Waals surface area contributed by atoms with E-state index in [1.54, 1.807) is 16.8 Å². The number of rotatable bonds is 7. The van der Waals surface area contributed by atoms with E-state index in [4.69, 9.17) is 5.11 Å². The Morgan fingerprint density at radius 3 is 2.60 bits per heavy atom. The van der Waals surface area contributed by atoms with E-state index in [-0.39, 0.29) is 24.4 Å². The van der Waals surface area contributed by atoms with Gasteiger partial charge in [0.1, 0.15) is 0 Å². The number of imidazole rings is 1. The topological polar surface area (TPSA) is 74.5 Å². The van der Waals surface area contributed by atoms with Gasteiger partial charge in [0.2, 0.25) is 0 Å². The lowest BCUT2D eigenvalue weighted by Crippen LogP contribution is -2.12. The fourth-order valence-electron chi connectivity index (χ4n) is 3.28. The van der Waals surface area contributed by atoms with E-state index in [0.29, 0.717) is 29.9 Å². The molecule has 0 unspecified atom stereocenters. The van der Waals surface area contributed by atoms with Gasteiger partial charge in [0.25, 0.3) is 0 Å². The molecule has 156 valence electrons. The van der Waals surface area contributed by atoms with E-state index in [0.717, 1.165) is 11.6 Å². The van der Waals surface area contributed by atoms with Gasteiger partial charge in [-0.3, -0.25) is 4.40 Å². The van der Waals surface area contributed by atoms with Gasteiger partial charge in [-0.15, -0.1) is 0 Å². The number of nitrogens with one attached hydrogen (secondary N) is 2. The highest BCUT2D eigenvalue weighted by atomic mass is 19.4. The van der Waals surface area contributed by atoms with Crippen molar-refractivity contribution >= 4 is 28.2 Å². The number of anilines is 2. The summed E-state index contributed by atoms with van der Waals surface area (Å²) in [6.07, 6.45) is -0.792. The molecule has 0 amide bonds. The van der Waals surface area contributed by atoms with Crippen LogP contribution >= 0.6 is 0 Å². The Labute approximate surface area is 170 Å². The molecule has 0 fully saturated rings. The average molecular weight is 415 g/mol. The van der Waals surface area contributed by atoms with Gasteiger partial charge in [-0.2, -0.15) is 13.2 Å². The molecule has 0 spiro atoms. The molecule has 6 nitrogen and oxygen atoms in total. The Morgan fingerprint density at radius 1 is 1.07 bits per heavy atom. The number of hydrogen-bond donors (Lipinski definition) is 3. The summed E-state index contributed by atoms with van der Waals surface area (Å²) in [4.78, 5) is 8.65. The quantitative estimate of drug-likeness (QED) is 0.392. The molecule has 3 N–H and O–H groups in total. The number of aliphatic hydroxyl groups is 1. The van der Waals surface area contributed by atoms with Gasteiger partial charge in [0.15, 0.2) is 11.5 Å². The number of fused-ring (bicyclic) bond motifs is 3. The van der Waals surface area contributed by atoms with Crippen molar-refractivity contribution in [1.29, 1.82) is 0 Å². The molecular weight excluding hydrogens is 395 g/mol. The molecule has 0 aliphatic heterocycles. The highest BCUT2D eigenvalue weighted by Crippen LogP contribution is 2.38. The van der Waals surface area contributed by atoms with Crippen molar-refractivity contribution in [3.8, 4) is 0 Å². The van der Waals surface area contributed by atoms with E-state index >= 15 is 0 Å². The highest BCUT2D eigenvalue weighted by molar-refractivity contribution is 5.87. The molecule has 2 aromatic heterocycles. The number of benzene rings is 2. The van der Waals surface area contributed by atoms with Crippen molar-refractivity contribution in [2.75, 3.05) is 23.8 Å². The molecule has 30 heavy (non-hydrogen) atoms. The molecule has 2 heterocycles. The Hall–Kier alpha value is -3.33. The zero-order valence-electron chi connectivity index (χ0n) is 15.9. The first-order chi connectivity index (χ1) is 14.5. The SMILES string of the molecule is OCCCNc1nc2cc(C(F)(F)F)c(NCc3ccccc3)cc2n2ccnc12. The maximum Gasteiger partial charge on any atom is 0.418 e. The average Bonchev–Trinajstić information content (AvgIpc) is 3.22. The Balaban J connectivity index is 1.80. The number of hydrogen-bond acceptors (Lipinski definition) is 5. The van der Waals surface area contributed by atoms with Crippen molar-refractivity contribution < 1.29 is 18.3 Å². The molecule has 0 bridgehead atoms. The summed E-state index contributed by atoms with van der Waals surface area (Å²) in [5.74, 6) is 0.374. The minimum absolute atomic E-state index is 0.0000267. The fourth-order valence-corrected chi connectivity index (χ4v) is 3.28. The Morgan fingerprint density at radius 2 is 1.87 bits per heavy atom. The van der Waals surface area contributed by atoms with Gasteiger partial charge in [-0.05, 0) is 24.1 Å². The van der Waals surface area contributed by atoms with E-state index in [2.05, 4.69) is 20.6 Å². The highest BCUT2D eigenvalue weighted by Gasteiger charge is 2.34. The smallest absolute Gasteiger partial charge is 0.396 e. The van der Waals surface area contributed by atoms with Gasteiger partial charge in [-0.1, -0.05) is 30.3 Å². The standard InChI is InChI=1S/C21H20F3N5O/c22-21(23,24)15-11-17-18(12-16(15)27-13-14-5-2-1-3-6-14)29-9-8-26-20(29)19(28-17)25-7-4-10-30/h1-3,5-6,8-9,11-12,27,30H,4,7,10,13H2,(H,25,28). The first kappa shape index (κ1) is 20.0. The summed E-state index contributed by atoms with van der Waals surface area (Å²) in [5.41, 5.74) is 1.30. The predicted molar refractivity (Wildman–Crippen MR) is 109 cm³/mol. The van der Waals surface area contributed by atoms with Crippen molar-refractivity contribution in [2.24, 2.45) is 0 Å². The van der Waals surface area contributed by atoms with Crippen molar-refractivity contribution in [3.05, 3.63) is 66.0 Å². The number of halogens is 3. The van der Waals surface area contributed by atoms with Gasteiger partial charge in [0, 0.05) is 37.8 Å². The van der Waals surface area contributed by atoms with Crippen LogP contribution in [0.25, 0.3) is 16.7 Å². The molecule has 2 aromatic carbocycles. The van der Waals surface area contributed by atoms with Crippen molar-refractivity contribution in [1.82, 2.24) is 14.4 Å². The number of aliphatic hydroxyl groups excluding tert-OH is 1. The maximum absolute atomic E-state index is 13.8. The van der Waals surface area contributed by atoms with E-state index < -0.39 is 11.7 Å². The molecule has 0 saturated carbocycles. The second kappa shape index (κ2) is 8.19. The monoisotopic (exact) mass is 415 g/mol. The van der Waals surface area contributed by atoms with E-state index in [1.807, 2.05) is 30.3 Å². The molecule has 0 aliphatic rings. The second-order valence-electron chi connectivity index (χ2n) is 6.81. The van der Waals surface area contributed by atoms with Crippen LogP contribution in [0.4, 0.5) is 24.7 Å². The summed E-state index contributed by atoms with van der Waals surface area (Å²) in [5, 5.41) is 14.9. The van der Waals surface area contributed by atoms with Gasteiger partial charge in [-0.25, -0.2) is 9.97 Å². The minimum Gasteiger partial charge on any atom is -0.396 e. The van der Waals surface area contributed by atoms with Gasteiger partial charge >= 0.3 is 6.18 Å². The summed E-state index contributed by atoms with van der Waals surface area (Å²) in [7, 11) is 0. The van der Waals surface area contributed by atoms with Crippen LogP contribution in [0.2, 0.25) is 0 Å². The molecule has 0 saturated heterocycles.